The number of carbonyl (C=O) groups is 2. The molecule has 0 spiro atoms. The largest absolute Gasteiger partial charge is 0.445 e. The molecule has 1 saturated heterocycles. The number of fused-ring (bicyclic) bond motifs is 2. The van der Waals surface area contributed by atoms with Gasteiger partial charge in [0, 0.05) is 45.2 Å². The van der Waals surface area contributed by atoms with E-state index in [-0.39, 0.29) is 13.2 Å². The second-order valence-electron chi connectivity index (χ2n) is 17.4. The van der Waals surface area contributed by atoms with Crippen LogP contribution >= 0.6 is 0 Å². The van der Waals surface area contributed by atoms with E-state index in [0.29, 0.717) is 60.9 Å². The summed E-state index contributed by atoms with van der Waals surface area (Å²) in [5, 5.41) is 9.54. The highest BCUT2D eigenvalue weighted by Gasteiger charge is 2.33. The first-order valence-corrected chi connectivity index (χ1v) is 21.8. The minimum atomic E-state index is -4.44. The third kappa shape index (κ3) is 12.0. The smallest absolute Gasteiger partial charge is 0.416 e. The van der Waals surface area contributed by atoms with Crippen LogP contribution in [0.4, 0.5) is 35.9 Å². The molecule has 4 aliphatic rings. The lowest BCUT2D eigenvalue weighted by Gasteiger charge is -2.27. The van der Waals surface area contributed by atoms with Crippen LogP contribution in [0, 0.1) is 13.8 Å². The summed E-state index contributed by atoms with van der Waals surface area (Å²) in [5.41, 5.74) is 5.29. The van der Waals surface area contributed by atoms with Crippen molar-refractivity contribution in [2.45, 2.75) is 104 Å². The van der Waals surface area contributed by atoms with E-state index < -0.39 is 35.7 Å². The summed E-state index contributed by atoms with van der Waals surface area (Å²) in [6.45, 7) is 10.0. The summed E-state index contributed by atoms with van der Waals surface area (Å²) in [5.74, 6) is 0.440. The molecule has 64 heavy (non-hydrogen) atoms. The number of likely N-dealkylation sites (N-methyl/N-ethyl adjacent to an activating group) is 1. The summed E-state index contributed by atoms with van der Waals surface area (Å²) in [6.07, 6.45) is -3.15. The average Bonchev–Trinajstić information content (AvgIpc) is 3.70. The number of halogens is 6. The number of hydrogen-bond donors (Lipinski definition) is 0. The number of rotatable bonds is 6. The molecule has 0 radical (unpaired) electrons. The van der Waals surface area contributed by atoms with E-state index in [2.05, 4.69) is 36.0 Å². The van der Waals surface area contributed by atoms with Crippen molar-refractivity contribution in [1.29, 1.82) is 0 Å². The fourth-order valence-electron chi connectivity index (χ4n) is 8.61. The Morgan fingerprint density at radius 1 is 0.641 bits per heavy atom. The zero-order valence-corrected chi connectivity index (χ0v) is 36.8. The van der Waals surface area contributed by atoms with Gasteiger partial charge in [0.1, 0.15) is 13.2 Å². The Kier molecular flexibility index (Phi) is 14.4. The number of likely N-dealkylation sites (tertiary alicyclic amines) is 1. The summed E-state index contributed by atoms with van der Waals surface area (Å²) in [4.78, 5) is 33.1. The predicted molar refractivity (Wildman–Crippen MR) is 227 cm³/mol. The van der Waals surface area contributed by atoms with Gasteiger partial charge in [0.25, 0.3) is 0 Å². The van der Waals surface area contributed by atoms with Gasteiger partial charge in [0.05, 0.1) is 47.0 Å². The van der Waals surface area contributed by atoms with Crippen LogP contribution in [0.3, 0.4) is 0 Å². The van der Waals surface area contributed by atoms with Gasteiger partial charge in [0.2, 0.25) is 0 Å². The number of ether oxygens (including phenoxy) is 2. The third-order valence-corrected chi connectivity index (χ3v) is 12.1. The molecular formula is C46H56F6N8O4. The molecule has 0 atom stereocenters. The van der Waals surface area contributed by atoms with E-state index in [4.69, 9.17) is 19.7 Å². The molecule has 18 heteroatoms. The fourth-order valence-corrected chi connectivity index (χ4v) is 8.61. The molecule has 346 valence electrons. The molecule has 2 aromatic carbocycles. The van der Waals surface area contributed by atoms with Gasteiger partial charge in [0.15, 0.2) is 0 Å². The zero-order chi connectivity index (χ0) is 45.8. The molecule has 0 saturated carbocycles. The maximum absolute atomic E-state index is 13.1. The quantitative estimate of drug-likeness (QED) is 0.177. The first kappa shape index (κ1) is 46.6. The van der Waals surface area contributed by atoms with Gasteiger partial charge >= 0.3 is 24.5 Å². The van der Waals surface area contributed by atoms with Crippen molar-refractivity contribution >= 4 is 17.8 Å². The van der Waals surface area contributed by atoms with Crippen molar-refractivity contribution in [3.05, 3.63) is 111 Å². The van der Waals surface area contributed by atoms with Gasteiger partial charge in [-0.2, -0.15) is 36.5 Å². The lowest BCUT2D eigenvalue weighted by Crippen LogP contribution is -2.31. The number of hydrogen-bond acceptors (Lipinski definition) is 8. The Morgan fingerprint density at radius 3 is 1.66 bits per heavy atom. The van der Waals surface area contributed by atoms with Crippen LogP contribution < -0.4 is 0 Å². The SMILES string of the molecule is Cc1cc(COC(=O)N2CCCn3nc(C4=CCN(C)CC4)cc3C2)cc(C(F)(F)F)c1.Cc1cc(COC(=O)N2CCCn3nc(C4CCN(C)CC4)cc3C2)cc(C(F)(F)F)c1. The van der Waals surface area contributed by atoms with Crippen LogP contribution in [0.1, 0.15) is 94.2 Å². The molecule has 8 rings (SSSR count). The predicted octanol–water partition coefficient (Wildman–Crippen LogP) is 9.03. The lowest BCUT2D eigenvalue weighted by molar-refractivity contribution is -0.138. The molecule has 6 heterocycles. The Morgan fingerprint density at radius 2 is 1.16 bits per heavy atom. The molecule has 0 bridgehead atoms. The van der Waals surface area contributed by atoms with Gasteiger partial charge in [-0.1, -0.05) is 29.3 Å². The molecule has 0 unspecified atom stereocenters. The standard InChI is InChI=1S/C23H29F3N4O2.C23H27F3N4O2/c2*1-16-10-17(12-19(11-16)23(24,25)26)15-32-22(31)29-6-3-7-30-20(14-29)13-21(27-30)18-4-8-28(2)9-5-18/h10-13,18H,3-9,14-15H2,1-2H3;4,10-13H,3,5-9,14-15H2,1-2H3. The van der Waals surface area contributed by atoms with Crippen molar-refractivity contribution in [3.8, 4) is 0 Å². The zero-order valence-electron chi connectivity index (χ0n) is 36.8. The summed E-state index contributed by atoms with van der Waals surface area (Å²) >= 11 is 0. The second-order valence-corrected chi connectivity index (χ2v) is 17.4. The number of alkyl halides is 6. The van der Waals surface area contributed by atoms with E-state index >= 15 is 0 Å². The van der Waals surface area contributed by atoms with Crippen LogP contribution in [0.15, 0.2) is 54.6 Å². The van der Waals surface area contributed by atoms with Gasteiger partial charge in [-0.25, -0.2) is 9.59 Å². The maximum atomic E-state index is 13.1. The van der Waals surface area contributed by atoms with E-state index in [1.165, 1.54) is 5.57 Å². The second kappa shape index (κ2) is 19.8. The summed E-state index contributed by atoms with van der Waals surface area (Å²) in [6, 6.07) is 11.6. The van der Waals surface area contributed by atoms with Gasteiger partial charge in [-0.3, -0.25) is 9.36 Å². The lowest BCUT2D eigenvalue weighted by atomic mass is 9.94. The van der Waals surface area contributed by atoms with Crippen molar-refractivity contribution in [3.63, 3.8) is 0 Å². The Bertz CT molecular complexity index is 2310. The minimum Gasteiger partial charge on any atom is -0.445 e. The number of amides is 2. The number of aryl methyl sites for hydroxylation is 4. The molecule has 0 aliphatic carbocycles. The first-order valence-electron chi connectivity index (χ1n) is 21.8. The van der Waals surface area contributed by atoms with Gasteiger partial charge in [-0.15, -0.1) is 0 Å². The third-order valence-electron chi connectivity index (χ3n) is 12.1. The Labute approximate surface area is 369 Å². The van der Waals surface area contributed by atoms with E-state index in [9.17, 15) is 35.9 Å². The Balaban J connectivity index is 0.000000191. The monoisotopic (exact) mass is 898 g/mol. The van der Waals surface area contributed by atoms with Crippen molar-refractivity contribution in [2.75, 3.05) is 53.4 Å². The highest BCUT2D eigenvalue weighted by molar-refractivity contribution is 5.68. The number of nitrogens with zero attached hydrogens (tertiary/aromatic N) is 8. The van der Waals surface area contributed by atoms with E-state index in [1.54, 1.807) is 35.8 Å². The van der Waals surface area contributed by atoms with Crippen LogP contribution in [-0.2, 0) is 61.2 Å². The normalized spacial score (nSPS) is 17.9. The maximum Gasteiger partial charge on any atom is 0.416 e. The highest BCUT2D eigenvalue weighted by atomic mass is 19.4. The minimum absolute atomic E-state index is 0.194. The van der Waals surface area contributed by atoms with Crippen molar-refractivity contribution in [1.82, 2.24) is 39.2 Å². The van der Waals surface area contributed by atoms with Crippen LogP contribution in [0.25, 0.3) is 5.57 Å². The molecule has 2 amide bonds. The summed E-state index contributed by atoms with van der Waals surface area (Å²) < 4.78 is 93.0. The molecule has 2 aromatic heterocycles. The molecule has 1 fully saturated rings. The highest BCUT2D eigenvalue weighted by Crippen LogP contribution is 2.33. The topological polar surface area (TPSA) is 101 Å². The Hall–Kier alpha value is -5.36. The first-order chi connectivity index (χ1) is 30.4. The number of piperidine rings is 1. The van der Waals surface area contributed by atoms with Gasteiger partial charge in [-0.05, 0) is 126 Å². The van der Waals surface area contributed by atoms with E-state index in [0.717, 1.165) is 112 Å². The molecule has 12 nitrogen and oxygen atoms in total. The molecule has 4 aliphatic heterocycles. The van der Waals surface area contributed by atoms with Crippen LogP contribution in [0.5, 0.6) is 0 Å². The molecule has 0 N–H and O–H groups in total. The number of carbonyl (C=O) groups excluding carboxylic acids is 2. The van der Waals surface area contributed by atoms with Crippen LogP contribution in [-0.4, -0.2) is 105 Å². The molecule has 4 aromatic rings. The average molecular weight is 899 g/mol. The molecular weight excluding hydrogens is 843 g/mol. The van der Waals surface area contributed by atoms with Gasteiger partial charge < -0.3 is 29.1 Å². The summed E-state index contributed by atoms with van der Waals surface area (Å²) in [7, 11) is 4.21. The van der Waals surface area contributed by atoms with Crippen molar-refractivity contribution in [2.24, 2.45) is 0 Å². The van der Waals surface area contributed by atoms with Crippen molar-refractivity contribution < 1.29 is 45.4 Å². The van der Waals surface area contributed by atoms with E-state index in [1.807, 2.05) is 15.4 Å². The fraction of sp³-hybridized carbons (Fsp3) is 0.522. The number of benzene rings is 2. The van der Waals surface area contributed by atoms with Crippen LogP contribution in [0.2, 0.25) is 0 Å². The number of aromatic nitrogens is 4.